The summed E-state index contributed by atoms with van der Waals surface area (Å²) < 4.78 is 16.8. The number of amides is 2. The van der Waals surface area contributed by atoms with E-state index in [9.17, 15) is 9.59 Å². The van der Waals surface area contributed by atoms with Gasteiger partial charge in [0.15, 0.2) is 0 Å². The Balaban J connectivity index is 1.90. The highest BCUT2D eigenvalue weighted by molar-refractivity contribution is 5.97. The van der Waals surface area contributed by atoms with Gasteiger partial charge in [-0.25, -0.2) is 0 Å². The van der Waals surface area contributed by atoms with Crippen LogP contribution in [0.25, 0.3) is 0 Å². The molecule has 0 saturated carbocycles. The number of methoxy groups -OCH3 is 2. The van der Waals surface area contributed by atoms with E-state index < -0.39 is 0 Å². The first kappa shape index (κ1) is 27.7. The largest absolute Gasteiger partial charge is 0.491 e. The Bertz CT molecular complexity index is 936. The summed E-state index contributed by atoms with van der Waals surface area (Å²) in [4.78, 5) is 30.6. The first-order valence-corrected chi connectivity index (χ1v) is 13.0. The normalized spacial score (nSPS) is 17.7. The van der Waals surface area contributed by atoms with Crippen molar-refractivity contribution in [1.29, 1.82) is 0 Å². The minimum Gasteiger partial charge on any atom is -0.491 e. The first-order valence-electron chi connectivity index (χ1n) is 13.0. The van der Waals surface area contributed by atoms with Crippen molar-refractivity contribution in [2.45, 2.75) is 44.6 Å². The third-order valence-corrected chi connectivity index (χ3v) is 6.57. The second-order valence-electron chi connectivity index (χ2n) is 9.18. The molecule has 3 rings (SSSR count). The Morgan fingerprint density at radius 3 is 2.36 bits per heavy atom. The molecule has 0 saturated heterocycles. The molecule has 1 aliphatic rings. The van der Waals surface area contributed by atoms with Crippen LogP contribution in [0.3, 0.4) is 0 Å². The zero-order valence-corrected chi connectivity index (χ0v) is 21.7. The maximum absolute atomic E-state index is 13.5. The summed E-state index contributed by atoms with van der Waals surface area (Å²) in [7, 11) is 3.27. The molecular formula is C29H40N2O5. The van der Waals surface area contributed by atoms with E-state index in [4.69, 9.17) is 14.2 Å². The Hall–Kier alpha value is -2.90. The number of nitrogens with zero attached hydrogens (tertiary/aromatic N) is 2. The average molecular weight is 497 g/mol. The van der Waals surface area contributed by atoms with Gasteiger partial charge in [-0.3, -0.25) is 9.59 Å². The van der Waals surface area contributed by atoms with Crippen LogP contribution >= 0.6 is 0 Å². The molecular weight excluding hydrogens is 456 g/mol. The molecule has 2 amide bonds. The van der Waals surface area contributed by atoms with Crippen molar-refractivity contribution in [1.82, 2.24) is 9.80 Å². The van der Waals surface area contributed by atoms with E-state index in [0.29, 0.717) is 63.6 Å². The molecule has 0 fully saturated rings. The van der Waals surface area contributed by atoms with Gasteiger partial charge >= 0.3 is 0 Å². The third-order valence-electron chi connectivity index (χ3n) is 6.57. The minimum atomic E-state index is -0.160. The van der Waals surface area contributed by atoms with E-state index in [2.05, 4.69) is 12.1 Å². The van der Waals surface area contributed by atoms with Crippen LogP contribution in [0.5, 0.6) is 5.75 Å². The lowest BCUT2D eigenvalue weighted by Gasteiger charge is -2.33. The van der Waals surface area contributed by atoms with Crippen molar-refractivity contribution >= 4 is 11.8 Å². The number of hydrogen-bond donors (Lipinski definition) is 0. The van der Waals surface area contributed by atoms with E-state index in [1.165, 1.54) is 0 Å². The van der Waals surface area contributed by atoms with Crippen LogP contribution < -0.4 is 4.74 Å². The predicted octanol–water partition coefficient (Wildman–Crippen LogP) is 4.20. The van der Waals surface area contributed by atoms with Gasteiger partial charge in [-0.05, 0) is 37.0 Å². The van der Waals surface area contributed by atoms with Gasteiger partial charge in [0.2, 0.25) is 5.91 Å². The standard InChI is InChI=1S/C29H40N2O5/c1-34-20-16-28(32)31-18-11-4-3-10-17-30(19-21-35-2)29(33)26-14-8-9-15-27(26)36-23-25(31)22-24-12-6-5-7-13-24/h5-9,12-15,25H,3-4,10-11,16-23H2,1-2H3/t25-/m0/s1. The summed E-state index contributed by atoms with van der Waals surface area (Å²) >= 11 is 0. The molecule has 0 aliphatic carbocycles. The minimum absolute atomic E-state index is 0.0488. The summed E-state index contributed by atoms with van der Waals surface area (Å²) in [6.45, 7) is 3.08. The van der Waals surface area contributed by atoms with Gasteiger partial charge in [0, 0.05) is 33.9 Å². The van der Waals surface area contributed by atoms with Gasteiger partial charge in [0.1, 0.15) is 12.4 Å². The molecule has 2 aromatic carbocycles. The number of carbonyl (C=O) groups is 2. The molecule has 7 heteroatoms. The van der Waals surface area contributed by atoms with E-state index in [1.807, 2.05) is 52.3 Å². The van der Waals surface area contributed by atoms with Crippen molar-refractivity contribution in [3.05, 3.63) is 65.7 Å². The fourth-order valence-electron chi connectivity index (χ4n) is 4.57. The van der Waals surface area contributed by atoms with Crippen LogP contribution in [-0.4, -0.2) is 81.3 Å². The molecule has 0 radical (unpaired) electrons. The van der Waals surface area contributed by atoms with Crippen molar-refractivity contribution in [3.8, 4) is 5.75 Å². The average Bonchev–Trinajstić information content (AvgIpc) is 2.91. The molecule has 1 atom stereocenters. The fraction of sp³-hybridized carbons (Fsp3) is 0.517. The lowest BCUT2D eigenvalue weighted by atomic mass is 10.0. The summed E-state index contributed by atoms with van der Waals surface area (Å²) in [5.41, 5.74) is 1.69. The molecule has 0 aromatic heterocycles. The second kappa shape index (κ2) is 15.3. The zero-order valence-electron chi connectivity index (χ0n) is 21.7. The number of fused-ring (bicyclic) bond motifs is 1. The molecule has 1 aliphatic heterocycles. The van der Waals surface area contributed by atoms with Gasteiger partial charge in [-0.2, -0.15) is 0 Å². The van der Waals surface area contributed by atoms with Crippen molar-refractivity contribution in [3.63, 3.8) is 0 Å². The highest BCUT2D eigenvalue weighted by atomic mass is 16.5. The van der Waals surface area contributed by atoms with Crippen LogP contribution in [0.2, 0.25) is 0 Å². The van der Waals surface area contributed by atoms with E-state index in [0.717, 1.165) is 31.2 Å². The monoisotopic (exact) mass is 496 g/mol. The van der Waals surface area contributed by atoms with Crippen LogP contribution in [0.1, 0.15) is 48.0 Å². The van der Waals surface area contributed by atoms with Gasteiger partial charge in [0.05, 0.1) is 31.2 Å². The summed E-state index contributed by atoms with van der Waals surface area (Å²) in [6.07, 6.45) is 4.82. The Morgan fingerprint density at radius 1 is 0.917 bits per heavy atom. The first-order chi connectivity index (χ1) is 17.6. The molecule has 2 aromatic rings. The quantitative estimate of drug-likeness (QED) is 0.548. The lowest BCUT2D eigenvalue weighted by Crippen LogP contribution is -2.46. The number of para-hydroxylation sites is 1. The highest BCUT2D eigenvalue weighted by Crippen LogP contribution is 2.23. The van der Waals surface area contributed by atoms with E-state index in [1.54, 1.807) is 14.2 Å². The van der Waals surface area contributed by atoms with Gasteiger partial charge in [-0.1, -0.05) is 55.3 Å². The fourth-order valence-corrected chi connectivity index (χ4v) is 4.57. The third kappa shape index (κ3) is 8.35. The van der Waals surface area contributed by atoms with Crippen molar-refractivity contribution < 1.29 is 23.8 Å². The highest BCUT2D eigenvalue weighted by Gasteiger charge is 2.26. The number of carbonyl (C=O) groups excluding carboxylic acids is 2. The topological polar surface area (TPSA) is 68.3 Å². The number of benzene rings is 2. The number of hydrogen-bond acceptors (Lipinski definition) is 5. The molecule has 0 N–H and O–H groups in total. The second-order valence-corrected chi connectivity index (χ2v) is 9.18. The smallest absolute Gasteiger partial charge is 0.257 e. The summed E-state index contributed by atoms with van der Waals surface area (Å²) in [5.74, 6) is 0.570. The van der Waals surface area contributed by atoms with Crippen LogP contribution in [0.4, 0.5) is 0 Å². The van der Waals surface area contributed by atoms with Gasteiger partial charge < -0.3 is 24.0 Å². The molecule has 7 nitrogen and oxygen atoms in total. The summed E-state index contributed by atoms with van der Waals surface area (Å²) in [6, 6.07) is 17.4. The molecule has 0 unspecified atom stereocenters. The maximum Gasteiger partial charge on any atom is 0.257 e. The maximum atomic E-state index is 13.5. The van der Waals surface area contributed by atoms with Crippen molar-refractivity contribution in [2.24, 2.45) is 0 Å². The molecule has 1 heterocycles. The van der Waals surface area contributed by atoms with E-state index in [-0.39, 0.29) is 17.9 Å². The Labute approximate surface area is 215 Å². The molecule has 196 valence electrons. The van der Waals surface area contributed by atoms with Crippen LogP contribution in [0.15, 0.2) is 54.6 Å². The SMILES string of the molecule is COCCC(=O)N1CCCCCCN(CCOC)C(=O)c2ccccc2OC[C@@H]1Cc1ccccc1. The Kier molecular flexibility index (Phi) is 11.7. The lowest BCUT2D eigenvalue weighted by molar-refractivity contribution is -0.135. The zero-order chi connectivity index (χ0) is 25.6. The molecule has 0 spiro atoms. The number of ether oxygens (including phenoxy) is 3. The number of rotatable bonds is 8. The van der Waals surface area contributed by atoms with Gasteiger partial charge in [-0.15, -0.1) is 0 Å². The van der Waals surface area contributed by atoms with Crippen LogP contribution in [0, 0.1) is 0 Å². The van der Waals surface area contributed by atoms with Gasteiger partial charge in [0.25, 0.3) is 5.91 Å². The Morgan fingerprint density at radius 2 is 1.61 bits per heavy atom. The molecule has 36 heavy (non-hydrogen) atoms. The van der Waals surface area contributed by atoms with Crippen LogP contribution in [-0.2, 0) is 20.7 Å². The van der Waals surface area contributed by atoms with Crippen molar-refractivity contribution in [2.75, 3.05) is 53.7 Å². The van der Waals surface area contributed by atoms with E-state index >= 15 is 0 Å². The molecule has 0 bridgehead atoms. The summed E-state index contributed by atoms with van der Waals surface area (Å²) in [5, 5.41) is 0. The predicted molar refractivity (Wildman–Crippen MR) is 140 cm³/mol.